The summed E-state index contributed by atoms with van der Waals surface area (Å²) in [6.07, 6.45) is 1.42. The standard InChI is InChI=1S/C10H15NOS/c1-7(2)10(12)5-4-9-6-13-8(3)11-9/h6-7H,4-5H2,1-3H3. The van der Waals surface area contributed by atoms with Crippen LogP contribution in [-0.2, 0) is 11.2 Å². The molecular weight excluding hydrogens is 182 g/mol. The van der Waals surface area contributed by atoms with Crippen molar-refractivity contribution in [2.24, 2.45) is 5.92 Å². The zero-order chi connectivity index (χ0) is 9.84. The number of ketones is 1. The van der Waals surface area contributed by atoms with Crippen LogP contribution in [0.1, 0.15) is 31.0 Å². The van der Waals surface area contributed by atoms with Crippen molar-refractivity contribution in [2.45, 2.75) is 33.6 Å². The van der Waals surface area contributed by atoms with Gasteiger partial charge in [-0.15, -0.1) is 11.3 Å². The maximum absolute atomic E-state index is 11.3. The first kappa shape index (κ1) is 10.4. The Labute approximate surface area is 83.0 Å². The first-order valence-corrected chi connectivity index (χ1v) is 5.41. The molecule has 0 fully saturated rings. The molecule has 0 saturated carbocycles. The topological polar surface area (TPSA) is 30.0 Å². The number of hydrogen-bond acceptors (Lipinski definition) is 3. The Morgan fingerprint density at radius 1 is 1.62 bits per heavy atom. The zero-order valence-electron chi connectivity index (χ0n) is 8.33. The van der Waals surface area contributed by atoms with E-state index < -0.39 is 0 Å². The highest BCUT2D eigenvalue weighted by Crippen LogP contribution is 2.11. The maximum Gasteiger partial charge on any atom is 0.135 e. The molecule has 72 valence electrons. The minimum absolute atomic E-state index is 0.153. The molecule has 2 nitrogen and oxygen atoms in total. The molecule has 1 aromatic heterocycles. The number of hydrogen-bond donors (Lipinski definition) is 0. The number of aryl methyl sites for hydroxylation is 2. The summed E-state index contributed by atoms with van der Waals surface area (Å²) in [7, 11) is 0. The van der Waals surface area contributed by atoms with Gasteiger partial charge in [0.15, 0.2) is 0 Å². The fraction of sp³-hybridized carbons (Fsp3) is 0.600. The second-order valence-corrected chi connectivity index (χ2v) is 4.54. The third kappa shape index (κ3) is 3.27. The summed E-state index contributed by atoms with van der Waals surface area (Å²) in [4.78, 5) is 15.6. The van der Waals surface area contributed by atoms with Crippen LogP contribution in [0.2, 0.25) is 0 Å². The van der Waals surface area contributed by atoms with Gasteiger partial charge >= 0.3 is 0 Å². The molecule has 0 spiro atoms. The van der Waals surface area contributed by atoms with Crippen molar-refractivity contribution in [3.8, 4) is 0 Å². The third-order valence-corrected chi connectivity index (χ3v) is 2.76. The minimum atomic E-state index is 0.153. The number of rotatable bonds is 4. The summed E-state index contributed by atoms with van der Waals surface area (Å²) in [5.41, 5.74) is 1.05. The molecule has 0 aromatic carbocycles. The van der Waals surface area contributed by atoms with Crippen LogP contribution in [-0.4, -0.2) is 10.8 Å². The Kier molecular flexibility index (Phi) is 3.60. The van der Waals surface area contributed by atoms with Crippen LogP contribution in [0.15, 0.2) is 5.38 Å². The van der Waals surface area contributed by atoms with E-state index in [2.05, 4.69) is 4.98 Å². The van der Waals surface area contributed by atoms with Gasteiger partial charge in [-0.3, -0.25) is 4.79 Å². The van der Waals surface area contributed by atoms with Crippen LogP contribution in [0.4, 0.5) is 0 Å². The average molecular weight is 197 g/mol. The number of nitrogens with zero attached hydrogens (tertiary/aromatic N) is 1. The van der Waals surface area contributed by atoms with E-state index in [0.29, 0.717) is 12.2 Å². The van der Waals surface area contributed by atoms with Crippen molar-refractivity contribution in [1.82, 2.24) is 4.98 Å². The van der Waals surface area contributed by atoms with E-state index in [-0.39, 0.29) is 5.92 Å². The molecule has 3 heteroatoms. The number of aromatic nitrogens is 1. The molecule has 1 rings (SSSR count). The largest absolute Gasteiger partial charge is 0.299 e. The smallest absolute Gasteiger partial charge is 0.135 e. The predicted molar refractivity (Wildman–Crippen MR) is 55.0 cm³/mol. The van der Waals surface area contributed by atoms with Crippen LogP contribution in [0.25, 0.3) is 0 Å². The predicted octanol–water partition coefficient (Wildman–Crippen LogP) is 2.61. The average Bonchev–Trinajstić information content (AvgIpc) is 2.47. The van der Waals surface area contributed by atoms with Crippen LogP contribution in [0.3, 0.4) is 0 Å². The van der Waals surface area contributed by atoms with E-state index in [0.717, 1.165) is 17.1 Å². The number of thiazole rings is 1. The third-order valence-electron chi connectivity index (χ3n) is 1.94. The van der Waals surface area contributed by atoms with Crippen molar-refractivity contribution in [1.29, 1.82) is 0 Å². The first-order valence-electron chi connectivity index (χ1n) is 4.53. The van der Waals surface area contributed by atoms with E-state index >= 15 is 0 Å². The lowest BCUT2D eigenvalue weighted by Gasteiger charge is -2.01. The fourth-order valence-electron chi connectivity index (χ4n) is 1.06. The minimum Gasteiger partial charge on any atom is -0.299 e. The normalized spacial score (nSPS) is 10.8. The second kappa shape index (κ2) is 4.51. The molecule has 0 unspecified atom stereocenters. The molecule has 0 amide bonds. The van der Waals surface area contributed by atoms with Gasteiger partial charge in [0.1, 0.15) is 5.78 Å². The quantitative estimate of drug-likeness (QED) is 0.742. The van der Waals surface area contributed by atoms with Gasteiger partial charge in [0.05, 0.1) is 10.7 Å². The molecule has 0 aliphatic carbocycles. The van der Waals surface area contributed by atoms with E-state index in [1.807, 2.05) is 26.2 Å². The number of Topliss-reactive ketones (excluding diaryl/α,β-unsaturated/α-hetero) is 1. The molecule has 0 radical (unpaired) electrons. The van der Waals surface area contributed by atoms with Crippen LogP contribution in [0.5, 0.6) is 0 Å². The molecule has 0 atom stereocenters. The van der Waals surface area contributed by atoms with Gasteiger partial charge in [0.25, 0.3) is 0 Å². The van der Waals surface area contributed by atoms with Gasteiger partial charge in [0, 0.05) is 17.7 Å². The van der Waals surface area contributed by atoms with Crippen molar-refractivity contribution < 1.29 is 4.79 Å². The fourth-order valence-corrected chi connectivity index (χ4v) is 1.71. The lowest BCUT2D eigenvalue weighted by atomic mass is 10.0. The Hall–Kier alpha value is -0.700. The van der Waals surface area contributed by atoms with Crippen LogP contribution < -0.4 is 0 Å². The molecule has 0 saturated heterocycles. The molecule has 0 aliphatic rings. The second-order valence-electron chi connectivity index (χ2n) is 3.48. The summed E-state index contributed by atoms with van der Waals surface area (Å²) in [5, 5.41) is 3.11. The Morgan fingerprint density at radius 3 is 2.77 bits per heavy atom. The van der Waals surface area contributed by atoms with Crippen molar-refractivity contribution >= 4 is 17.1 Å². The lowest BCUT2D eigenvalue weighted by molar-refractivity contribution is -0.121. The molecule has 1 heterocycles. The zero-order valence-corrected chi connectivity index (χ0v) is 9.15. The van der Waals surface area contributed by atoms with E-state index in [1.165, 1.54) is 0 Å². The Bertz CT molecular complexity index is 291. The molecule has 0 N–H and O–H groups in total. The van der Waals surface area contributed by atoms with Gasteiger partial charge < -0.3 is 0 Å². The Morgan fingerprint density at radius 2 is 2.31 bits per heavy atom. The van der Waals surface area contributed by atoms with Gasteiger partial charge in [-0.25, -0.2) is 4.98 Å². The van der Waals surface area contributed by atoms with Gasteiger partial charge in [-0.2, -0.15) is 0 Å². The molecule has 0 bridgehead atoms. The summed E-state index contributed by atoms with van der Waals surface area (Å²) in [5.74, 6) is 0.477. The number of carbonyl (C=O) groups is 1. The highest BCUT2D eigenvalue weighted by Gasteiger charge is 2.08. The van der Waals surface area contributed by atoms with Gasteiger partial charge in [0.2, 0.25) is 0 Å². The van der Waals surface area contributed by atoms with Crippen molar-refractivity contribution in [2.75, 3.05) is 0 Å². The molecular formula is C10H15NOS. The van der Waals surface area contributed by atoms with E-state index in [4.69, 9.17) is 0 Å². The summed E-state index contributed by atoms with van der Waals surface area (Å²) in [6.45, 7) is 5.86. The van der Waals surface area contributed by atoms with Gasteiger partial charge in [-0.1, -0.05) is 13.8 Å². The summed E-state index contributed by atoms with van der Waals surface area (Å²) in [6, 6.07) is 0. The lowest BCUT2D eigenvalue weighted by Crippen LogP contribution is -2.07. The Balaban J connectivity index is 2.39. The van der Waals surface area contributed by atoms with Crippen LogP contribution >= 0.6 is 11.3 Å². The van der Waals surface area contributed by atoms with Crippen molar-refractivity contribution in [3.63, 3.8) is 0 Å². The number of carbonyl (C=O) groups excluding carboxylic acids is 1. The highest BCUT2D eigenvalue weighted by molar-refractivity contribution is 7.09. The van der Waals surface area contributed by atoms with Crippen molar-refractivity contribution in [3.05, 3.63) is 16.1 Å². The molecule has 13 heavy (non-hydrogen) atoms. The van der Waals surface area contributed by atoms with E-state index in [1.54, 1.807) is 11.3 Å². The molecule has 1 aromatic rings. The highest BCUT2D eigenvalue weighted by atomic mass is 32.1. The van der Waals surface area contributed by atoms with E-state index in [9.17, 15) is 4.79 Å². The monoisotopic (exact) mass is 197 g/mol. The van der Waals surface area contributed by atoms with Crippen LogP contribution in [0, 0.1) is 12.8 Å². The summed E-state index contributed by atoms with van der Waals surface area (Å²) < 4.78 is 0. The van der Waals surface area contributed by atoms with Gasteiger partial charge in [-0.05, 0) is 13.3 Å². The summed E-state index contributed by atoms with van der Waals surface area (Å²) >= 11 is 1.64. The SMILES string of the molecule is Cc1nc(CCC(=O)C(C)C)cs1. The molecule has 0 aliphatic heterocycles. The maximum atomic E-state index is 11.3. The first-order chi connectivity index (χ1) is 6.09.